The lowest BCUT2D eigenvalue weighted by molar-refractivity contribution is -0.122. The van der Waals surface area contributed by atoms with Crippen molar-refractivity contribution in [3.8, 4) is 0 Å². The number of allylic oxidation sites excluding steroid dienone is 2. The van der Waals surface area contributed by atoms with Gasteiger partial charge in [-0.1, -0.05) is 11.1 Å². The van der Waals surface area contributed by atoms with Crippen LogP contribution in [0.15, 0.2) is 35.4 Å². The highest BCUT2D eigenvalue weighted by molar-refractivity contribution is 6.22. The summed E-state index contributed by atoms with van der Waals surface area (Å²) in [5, 5.41) is 0. The maximum absolute atomic E-state index is 12.8. The Morgan fingerprint density at radius 1 is 0.840 bits per heavy atom. The molecule has 2 heterocycles. The second kappa shape index (κ2) is 6.30. The molecule has 0 bridgehead atoms. The molecule has 0 radical (unpaired) electrons. The molecule has 0 unspecified atom stereocenters. The Morgan fingerprint density at radius 2 is 1.32 bits per heavy atom. The predicted octanol–water partition coefficient (Wildman–Crippen LogP) is 2.76. The minimum absolute atomic E-state index is 0.0408. The number of nitrogens with zero attached hydrogens (tertiary/aromatic N) is 2. The molecule has 0 spiro atoms. The highest BCUT2D eigenvalue weighted by atomic mass is 16.5. The Morgan fingerprint density at radius 3 is 1.84 bits per heavy atom. The third-order valence-electron chi connectivity index (χ3n) is 5.83. The first-order chi connectivity index (χ1) is 12.1. The highest BCUT2D eigenvalue weighted by Crippen LogP contribution is 2.42. The van der Waals surface area contributed by atoms with E-state index in [1.54, 1.807) is 0 Å². The summed E-state index contributed by atoms with van der Waals surface area (Å²) in [6, 6.07) is 7.78. The van der Waals surface area contributed by atoms with Gasteiger partial charge in [0.1, 0.15) is 0 Å². The Bertz CT molecular complexity index is 700. The molecule has 2 saturated heterocycles. The molecule has 0 N–H and O–H groups in total. The Labute approximate surface area is 148 Å². The molecule has 1 aromatic carbocycles. The van der Waals surface area contributed by atoms with E-state index in [4.69, 9.17) is 4.74 Å². The molecule has 132 valence electrons. The third-order valence-corrected chi connectivity index (χ3v) is 5.83. The third kappa shape index (κ3) is 2.76. The molecule has 3 aliphatic rings. The van der Waals surface area contributed by atoms with E-state index >= 15 is 0 Å². The van der Waals surface area contributed by atoms with Crippen LogP contribution in [0, 0.1) is 11.8 Å². The zero-order valence-corrected chi connectivity index (χ0v) is 14.8. The lowest BCUT2D eigenvalue weighted by atomic mass is 9.78. The molecule has 1 aliphatic carbocycles. The quantitative estimate of drug-likeness (QED) is 0.614. The van der Waals surface area contributed by atoms with Crippen LogP contribution in [0.5, 0.6) is 0 Å². The van der Waals surface area contributed by atoms with E-state index in [1.165, 1.54) is 16.0 Å². The summed E-state index contributed by atoms with van der Waals surface area (Å²) >= 11 is 0. The smallest absolute Gasteiger partial charge is 0.238 e. The second-order valence-corrected chi connectivity index (χ2v) is 7.31. The van der Waals surface area contributed by atoms with Gasteiger partial charge in [0, 0.05) is 18.8 Å². The molecule has 2 amide bonds. The standard InChI is InChI=1S/C20H24N2O3/c1-13-11-17-18(12-14(13)2)20(24)22(19(17)23)16-5-3-15(4-6-16)21-7-9-25-10-8-21/h3-6,17-18H,7-12H2,1-2H3/t17-,18-/m1/s1. The lowest BCUT2D eigenvalue weighted by Crippen LogP contribution is -2.36. The molecule has 5 heteroatoms. The first kappa shape index (κ1) is 16.3. The van der Waals surface area contributed by atoms with Gasteiger partial charge in [0.05, 0.1) is 30.7 Å². The van der Waals surface area contributed by atoms with Gasteiger partial charge in [-0.3, -0.25) is 14.5 Å². The maximum atomic E-state index is 12.8. The summed E-state index contributed by atoms with van der Waals surface area (Å²) in [5.41, 5.74) is 4.31. The maximum Gasteiger partial charge on any atom is 0.238 e. The minimum atomic E-state index is -0.185. The van der Waals surface area contributed by atoms with E-state index in [0.29, 0.717) is 18.5 Å². The minimum Gasteiger partial charge on any atom is -0.378 e. The summed E-state index contributed by atoms with van der Waals surface area (Å²) in [5.74, 6) is -0.452. The first-order valence-corrected chi connectivity index (χ1v) is 9.02. The average Bonchev–Trinajstić information content (AvgIpc) is 2.87. The number of imide groups is 1. The fraction of sp³-hybridized carbons (Fsp3) is 0.500. The number of benzene rings is 1. The van der Waals surface area contributed by atoms with E-state index in [9.17, 15) is 9.59 Å². The second-order valence-electron chi connectivity index (χ2n) is 7.31. The number of hydrogen-bond donors (Lipinski definition) is 0. The number of carbonyl (C=O) groups excluding carboxylic acids is 2. The molecule has 4 rings (SSSR count). The number of rotatable bonds is 2. The molecule has 2 fully saturated rings. The van der Waals surface area contributed by atoms with Crippen LogP contribution >= 0.6 is 0 Å². The molecule has 1 aromatic rings. The summed E-state index contributed by atoms with van der Waals surface area (Å²) in [6.45, 7) is 7.36. The van der Waals surface area contributed by atoms with Crippen molar-refractivity contribution in [2.75, 3.05) is 36.1 Å². The van der Waals surface area contributed by atoms with Gasteiger partial charge in [-0.2, -0.15) is 0 Å². The van der Waals surface area contributed by atoms with Crippen LogP contribution in [0.2, 0.25) is 0 Å². The molecule has 0 saturated carbocycles. The number of carbonyl (C=O) groups is 2. The van der Waals surface area contributed by atoms with E-state index in [-0.39, 0.29) is 23.7 Å². The summed E-state index contributed by atoms with van der Waals surface area (Å²) < 4.78 is 5.38. The van der Waals surface area contributed by atoms with Crippen LogP contribution in [0.3, 0.4) is 0 Å². The number of morpholine rings is 1. The Balaban J connectivity index is 1.56. The zero-order chi connectivity index (χ0) is 17.6. The lowest BCUT2D eigenvalue weighted by Gasteiger charge is -2.29. The molecule has 0 aromatic heterocycles. The zero-order valence-electron chi connectivity index (χ0n) is 14.8. The van der Waals surface area contributed by atoms with Gasteiger partial charge in [0.2, 0.25) is 11.8 Å². The molecule has 25 heavy (non-hydrogen) atoms. The van der Waals surface area contributed by atoms with Crippen LogP contribution in [-0.2, 0) is 14.3 Å². The van der Waals surface area contributed by atoms with Crippen LogP contribution in [0.1, 0.15) is 26.7 Å². The van der Waals surface area contributed by atoms with Crippen molar-refractivity contribution in [2.45, 2.75) is 26.7 Å². The van der Waals surface area contributed by atoms with Gasteiger partial charge < -0.3 is 9.64 Å². The molecule has 2 atom stereocenters. The van der Waals surface area contributed by atoms with Gasteiger partial charge in [-0.05, 0) is 51.0 Å². The number of ether oxygens (including phenoxy) is 1. The van der Waals surface area contributed by atoms with E-state index in [1.807, 2.05) is 24.3 Å². The van der Waals surface area contributed by atoms with Crippen molar-refractivity contribution in [1.29, 1.82) is 0 Å². The van der Waals surface area contributed by atoms with E-state index < -0.39 is 0 Å². The van der Waals surface area contributed by atoms with Gasteiger partial charge in [-0.25, -0.2) is 0 Å². The normalized spacial score (nSPS) is 27.1. The summed E-state index contributed by atoms with van der Waals surface area (Å²) in [4.78, 5) is 29.4. The van der Waals surface area contributed by atoms with Crippen LogP contribution in [0.25, 0.3) is 0 Å². The fourth-order valence-corrected chi connectivity index (χ4v) is 4.14. The number of amides is 2. The van der Waals surface area contributed by atoms with Gasteiger partial charge >= 0.3 is 0 Å². The van der Waals surface area contributed by atoms with Gasteiger partial charge in [0.25, 0.3) is 0 Å². The van der Waals surface area contributed by atoms with Gasteiger partial charge in [0.15, 0.2) is 0 Å². The van der Waals surface area contributed by atoms with Crippen molar-refractivity contribution in [3.63, 3.8) is 0 Å². The summed E-state index contributed by atoms with van der Waals surface area (Å²) in [7, 11) is 0. The fourth-order valence-electron chi connectivity index (χ4n) is 4.14. The van der Waals surface area contributed by atoms with Gasteiger partial charge in [-0.15, -0.1) is 0 Å². The van der Waals surface area contributed by atoms with Crippen LogP contribution in [0.4, 0.5) is 11.4 Å². The first-order valence-electron chi connectivity index (χ1n) is 9.02. The number of fused-ring (bicyclic) bond motifs is 1. The predicted molar refractivity (Wildman–Crippen MR) is 96.6 cm³/mol. The molecule has 2 aliphatic heterocycles. The average molecular weight is 340 g/mol. The summed E-state index contributed by atoms with van der Waals surface area (Å²) in [6.07, 6.45) is 1.42. The monoisotopic (exact) mass is 340 g/mol. The van der Waals surface area contributed by atoms with E-state index in [0.717, 1.165) is 32.0 Å². The van der Waals surface area contributed by atoms with Crippen molar-refractivity contribution >= 4 is 23.2 Å². The Kier molecular flexibility index (Phi) is 4.12. The molecule has 5 nitrogen and oxygen atoms in total. The largest absolute Gasteiger partial charge is 0.378 e. The highest BCUT2D eigenvalue weighted by Gasteiger charge is 2.49. The van der Waals surface area contributed by atoms with Crippen LogP contribution in [-0.4, -0.2) is 38.1 Å². The van der Waals surface area contributed by atoms with Crippen molar-refractivity contribution < 1.29 is 14.3 Å². The van der Waals surface area contributed by atoms with Crippen molar-refractivity contribution in [1.82, 2.24) is 0 Å². The molecular weight excluding hydrogens is 316 g/mol. The van der Waals surface area contributed by atoms with Crippen LogP contribution < -0.4 is 9.80 Å². The van der Waals surface area contributed by atoms with E-state index in [2.05, 4.69) is 18.7 Å². The topological polar surface area (TPSA) is 49.9 Å². The number of hydrogen-bond acceptors (Lipinski definition) is 4. The SMILES string of the molecule is CC1=C(C)C[C@H]2C(=O)N(c3ccc(N4CCOCC4)cc3)C(=O)[C@@H]2C1. The Hall–Kier alpha value is -2.14. The molecular formula is C20H24N2O3. The van der Waals surface area contributed by atoms with Crippen molar-refractivity contribution in [2.24, 2.45) is 11.8 Å². The van der Waals surface area contributed by atoms with Crippen molar-refractivity contribution in [3.05, 3.63) is 35.4 Å². The number of anilines is 2.